The van der Waals surface area contributed by atoms with E-state index in [4.69, 9.17) is 4.98 Å². The fourth-order valence-corrected chi connectivity index (χ4v) is 5.47. The number of likely N-dealkylation sites (tertiary alicyclic amines) is 1. The number of aliphatic hydroxyl groups excluding tert-OH is 1. The molecule has 1 aromatic carbocycles. The fraction of sp³-hybridized carbons (Fsp3) is 0.476. The number of piperidine rings is 1. The van der Waals surface area contributed by atoms with E-state index in [2.05, 4.69) is 33.1 Å². The zero-order valence-electron chi connectivity index (χ0n) is 15.3. The lowest BCUT2D eigenvalue weighted by molar-refractivity contribution is 0.0565. The second-order valence-corrected chi connectivity index (χ2v) is 8.91. The topological polar surface area (TPSA) is 62.1 Å². The van der Waals surface area contributed by atoms with Crippen molar-refractivity contribution in [3.05, 3.63) is 41.9 Å². The van der Waals surface area contributed by atoms with Crippen LogP contribution < -0.4 is 0 Å². The van der Waals surface area contributed by atoms with E-state index in [0.717, 1.165) is 42.6 Å². The SMILES string of the molecule is OCC1CCN(C2CC(c3nc4ccc(-c5cncnc5)cc4s3)C2)CC1. The Balaban J connectivity index is 1.27. The average molecular weight is 381 g/mol. The molecule has 0 amide bonds. The smallest absolute Gasteiger partial charge is 0.115 e. The van der Waals surface area contributed by atoms with Gasteiger partial charge in [0, 0.05) is 36.5 Å². The predicted octanol–water partition coefficient (Wildman–Crippen LogP) is 3.70. The molecular weight excluding hydrogens is 356 g/mol. The highest BCUT2D eigenvalue weighted by Gasteiger charge is 2.37. The second-order valence-electron chi connectivity index (χ2n) is 7.85. The summed E-state index contributed by atoms with van der Waals surface area (Å²) < 4.78 is 1.25. The number of rotatable bonds is 4. The number of fused-ring (bicyclic) bond motifs is 1. The summed E-state index contributed by atoms with van der Waals surface area (Å²) in [5, 5.41) is 10.6. The quantitative estimate of drug-likeness (QED) is 0.748. The Morgan fingerprint density at radius 2 is 1.85 bits per heavy atom. The van der Waals surface area contributed by atoms with Crippen LogP contribution in [-0.4, -0.2) is 50.7 Å². The summed E-state index contributed by atoms with van der Waals surface area (Å²) in [7, 11) is 0. The van der Waals surface area contributed by atoms with Crippen LogP contribution in [0.5, 0.6) is 0 Å². The van der Waals surface area contributed by atoms with Gasteiger partial charge in [0.15, 0.2) is 0 Å². The van der Waals surface area contributed by atoms with Crippen molar-refractivity contribution < 1.29 is 5.11 Å². The van der Waals surface area contributed by atoms with Gasteiger partial charge in [-0.2, -0.15) is 0 Å². The van der Waals surface area contributed by atoms with Crippen LogP contribution in [0.3, 0.4) is 0 Å². The van der Waals surface area contributed by atoms with Crippen LogP contribution in [0.15, 0.2) is 36.9 Å². The third kappa shape index (κ3) is 3.37. The van der Waals surface area contributed by atoms with Gasteiger partial charge < -0.3 is 10.0 Å². The molecule has 1 saturated heterocycles. The van der Waals surface area contributed by atoms with Gasteiger partial charge in [-0.05, 0) is 62.4 Å². The number of hydrogen-bond donors (Lipinski definition) is 1. The van der Waals surface area contributed by atoms with E-state index in [1.54, 1.807) is 6.33 Å². The first-order valence-electron chi connectivity index (χ1n) is 9.81. The van der Waals surface area contributed by atoms with Crippen molar-refractivity contribution in [1.82, 2.24) is 19.9 Å². The fourth-order valence-electron chi connectivity index (χ4n) is 4.33. The van der Waals surface area contributed by atoms with Crippen LogP contribution in [0.4, 0.5) is 0 Å². The summed E-state index contributed by atoms with van der Waals surface area (Å²) in [5.41, 5.74) is 3.30. The molecule has 1 aliphatic heterocycles. The van der Waals surface area contributed by atoms with Gasteiger partial charge in [-0.25, -0.2) is 15.0 Å². The number of thiazole rings is 1. The minimum atomic E-state index is 0.351. The summed E-state index contributed by atoms with van der Waals surface area (Å²) in [5.74, 6) is 1.12. The highest BCUT2D eigenvalue weighted by Crippen LogP contribution is 2.43. The first-order chi connectivity index (χ1) is 13.3. The minimum absolute atomic E-state index is 0.351. The van der Waals surface area contributed by atoms with Crippen LogP contribution in [0.1, 0.15) is 36.6 Å². The molecule has 1 aliphatic carbocycles. The second kappa shape index (κ2) is 7.26. The highest BCUT2D eigenvalue weighted by atomic mass is 32.1. The Morgan fingerprint density at radius 1 is 1.07 bits per heavy atom. The van der Waals surface area contributed by atoms with Crippen molar-refractivity contribution in [3.8, 4) is 11.1 Å². The molecule has 3 heterocycles. The van der Waals surface area contributed by atoms with E-state index in [9.17, 15) is 5.11 Å². The lowest BCUT2D eigenvalue weighted by Gasteiger charge is -2.45. The molecule has 3 aromatic rings. The van der Waals surface area contributed by atoms with Crippen LogP contribution in [0.25, 0.3) is 21.3 Å². The summed E-state index contributed by atoms with van der Waals surface area (Å²) >= 11 is 1.84. The molecule has 2 aliphatic rings. The van der Waals surface area contributed by atoms with Gasteiger partial charge in [-0.1, -0.05) is 6.07 Å². The summed E-state index contributed by atoms with van der Waals surface area (Å²) in [4.78, 5) is 15.8. The number of nitrogens with zero attached hydrogens (tertiary/aromatic N) is 4. The van der Waals surface area contributed by atoms with Crippen LogP contribution in [0.2, 0.25) is 0 Å². The van der Waals surface area contributed by atoms with Gasteiger partial charge >= 0.3 is 0 Å². The van der Waals surface area contributed by atoms with Crippen LogP contribution in [-0.2, 0) is 0 Å². The van der Waals surface area contributed by atoms with E-state index in [-0.39, 0.29) is 0 Å². The number of aromatic nitrogens is 3. The van der Waals surface area contributed by atoms with Crippen molar-refractivity contribution in [1.29, 1.82) is 0 Å². The molecule has 6 heteroatoms. The van der Waals surface area contributed by atoms with Crippen LogP contribution in [0, 0.1) is 5.92 Å². The van der Waals surface area contributed by atoms with Crippen molar-refractivity contribution in [2.24, 2.45) is 5.92 Å². The molecule has 0 unspecified atom stereocenters. The highest BCUT2D eigenvalue weighted by molar-refractivity contribution is 7.18. The maximum absolute atomic E-state index is 9.31. The van der Waals surface area contributed by atoms with Gasteiger partial charge in [0.2, 0.25) is 0 Å². The van der Waals surface area contributed by atoms with E-state index < -0.39 is 0 Å². The first-order valence-corrected chi connectivity index (χ1v) is 10.6. The number of aliphatic hydroxyl groups is 1. The van der Waals surface area contributed by atoms with Gasteiger partial charge in [-0.3, -0.25) is 0 Å². The number of hydrogen-bond acceptors (Lipinski definition) is 6. The molecule has 0 bridgehead atoms. The third-order valence-electron chi connectivity index (χ3n) is 6.19. The molecular formula is C21H24N4OS. The maximum atomic E-state index is 9.31. The van der Waals surface area contributed by atoms with E-state index in [1.807, 2.05) is 23.7 Å². The third-order valence-corrected chi connectivity index (χ3v) is 7.37. The molecule has 0 atom stereocenters. The van der Waals surface area contributed by atoms with Gasteiger partial charge in [0.1, 0.15) is 6.33 Å². The van der Waals surface area contributed by atoms with Gasteiger partial charge in [0.25, 0.3) is 0 Å². The summed E-state index contributed by atoms with van der Waals surface area (Å²) in [6, 6.07) is 7.15. The molecule has 0 radical (unpaired) electrons. The molecule has 1 saturated carbocycles. The standard InChI is InChI=1S/C21H24N4OS/c26-12-14-3-5-25(6-4-14)18-7-16(8-18)21-24-19-2-1-15(9-20(19)27-21)17-10-22-13-23-11-17/h1-2,9-11,13-14,16,18,26H,3-8,12H2. The molecule has 5 nitrogen and oxygen atoms in total. The average Bonchev–Trinajstić information content (AvgIpc) is 3.10. The Bertz CT molecular complexity index is 914. The normalized spacial score (nSPS) is 24.2. The minimum Gasteiger partial charge on any atom is -0.396 e. The first kappa shape index (κ1) is 17.2. The zero-order chi connectivity index (χ0) is 18.2. The van der Waals surface area contributed by atoms with Gasteiger partial charge in [-0.15, -0.1) is 11.3 Å². The van der Waals surface area contributed by atoms with Crippen molar-refractivity contribution in [3.63, 3.8) is 0 Å². The van der Waals surface area contributed by atoms with E-state index >= 15 is 0 Å². The Kier molecular flexibility index (Phi) is 4.63. The molecule has 2 aromatic heterocycles. The van der Waals surface area contributed by atoms with E-state index in [0.29, 0.717) is 24.5 Å². The molecule has 0 spiro atoms. The van der Waals surface area contributed by atoms with Crippen molar-refractivity contribution in [2.75, 3.05) is 19.7 Å². The lowest BCUT2D eigenvalue weighted by Crippen LogP contribution is -2.47. The Morgan fingerprint density at radius 3 is 2.59 bits per heavy atom. The van der Waals surface area contributed by atoms with Crippen molar-refractivity contribution in [2.45, 2.75) is 37.6 Å². The van der Waals surface area contributed by atoms with E-state index in [1.165, 1.54) is 22.5 Å². The van der Waals surface area contributed by atoms with Gasteiger partial charge in [0.05, 0.1) is 15.2 Å². The number of benzene rings is 1. The largest absolute Gasteiger partial charge is 0.396 e. The summed E-state index contributed by atoms with van der Waals surface area (Å²) in [6.45, 7) is 2.64. The molecule has 140 valence electrons. The molecule has 2 fully saturated rings. The molecule has 27 heavy (non-hydrogen) atoms. The molecule has 5 rings (SSSR count). The molecule has 1 N–H and O–H groups in total. The Labute approximate surface area is 163 Å². The van der Waals surface area contributed by atoms with Crippen molar-refractivity contribution >= 4 is 21.6 Å². The monoisotopic (exact) mass is 380 g/mol. The summed E-state index contributed by atoms with van der Waals surface area (Å²) in [6.07, 6.45) is 10.0. The zero-order valence-corrected chi connectivity index (χ0v) is 16.1. The predicted molar refractivity (Wildman–Crippen MR) is 108 cm³/mol. The Hall–Kier alpha value is -1.89. The lowest BCUT2D eigenvalue weighted by atomic mass is 9.78. The van der Waals surface area contributed by atoms with Crippen LogP contribution >= 0.6 is 11.3 Å². The maximum Gasteiger partial charge on any atom is 0.115 e.